The monoisotopic (exact) mass is 241 g/mol. The number of hydrogen-bond acceptors (Lipinski definition) is 2. The number of aliphatic hydroxyl groups excluding tert-OH is 1. The molecule has 1 saturated carbocycles. The average molecular weight is 241 g/mol. The predicted molar refractivity (Wildman–Crippen MR) is 69.6 cm³/mol. The van der Waals surface area contributed by atoms with Gasteiger partial charge in [0, 0.05) is 19.1 Å². The standard InChI is InChI=1S/C14H27NO2/c1-14(2,3)10-15-13(17)12-6-4-11(5-7-12)8-9-16/h11-12,16H,4-10H2,1-3H3,(H,15,17). The van der Waals surface area contributed by atoms with Crippen molar-refractivity contribution >= 4 is 5.91 Å². The minimum atomic E-state index is 0.156. The fraction of sp³-hybridized carbons (Fsp3) is 0.929. The highest BCUT2D eigenvalue weighted by Crippen LogP contribution is 2.30. The molecular formula is C14H27NO2. The Balaban J connectivity index is 2.26. The molecule has 0 radical (unpaired) electrons. The average Bonchev–Trinajstić information content (AvgIpc) is 2.26. The minimum absolute atomic E-state index is 0.156. The highest BCUT2D eigenvalue weighted by molar-refractivity contribution is 5.78. The Hall–Kier alpha value is -0.570. The molecule has 0 atom stereocenters. The Bertz CT molecular complexity index is 237. The first kappa shape index (κ1) is 14.5. The number of rotatable bonds is 4. The van der Waals surface area contributed by atoms with Gasteiger partial charge < -0.3 is 10.4 Å². The van der Waals surface area contributed by atoms with Gasteiger partial charge in [-0.05, 0) is 43.4 Å². The lowest BCUT2D eigenvalue weighted by Crippen LogP contribution is -2.38. The van der Waals surface area contributed by atoms with E-state index in [9.17, 15) is 4.79 Å². The normalized spacial score (nSPS) is 25.6. The van der Waals surface area contributed by atoms with Crippen LogP contribution in [0.1, 0.15) is 52.9 Å². The lowest BCUT2D eigenvalue weighted by molar-refractivity contribution is -0.126. The summed E-state index contributed by atoms with van der Waals surface area (Å²) in [6.45, 7) is 7.43. The lowest BCUT2D eigenvalue weighted by Gasteiger charge is -2.28. The van der Waals surface area contributed by atoms with Gasteiger partial charge in [-0.3, -0.25) is 4.79 Å². The van der Waals surface area contributed by atoms with Crippen LogP contribution in [0.5, 0.6) is 0 Å². The Morgan fingerprint density at radius 3 is 2.29 bits per heavy atom. The summed E-state index contributed by atoms with van der Waals surface area (Å²) < 4.78 is 0. The number of carbonyl (C=O) groups is 1. The molecule has 0 bridgehead atoms. The van der Waals surface area contributed by atoms with E-state index in [0.29, 0.717) is 5.92 Å². The number of nitrogens with one attached hydrogen (secondary N) is 1. The first-order valence-corrected chi connectivity index (χ1v) is 6.81. The quantitative estimate of drug-likeness (QED) is 0.793. The van der Waals surface area contributed by atoms with Crippen LogP contribution in [0, 0.1) is 17.3 Å². The van der Waals surface area contributed by atoms with Crippen molar-refractivity contribution in [1.29, 1.82) is 0 Å². The Morgan fingerprint density at radius 2 is 1.82 bits per heavy atom. The fourth-order valence-electron chi connectivity index (χ4n) is 2.39. The van der Waals surface area contributed by atoms with Gasteiger partial charge in [0.15, 0.2) is 0 Å². The van der Waals surface area contributed by atoms with Gasteiger partial charge in [-0.2, -0.15) is 0 Å². The predicted octanol–water partition coefficient (Wildman–Crippen LogP) is 2.34. The van der Waals surface area contributed by atoms with Gasteiger partial charge in [-0.1, -0.05) is 20.8 Å². The molecule has 0 aromatic carbocycles. The summed E-state index contributed by atoms with van der Waals surface area (Å²) >= 11 is 0. The number of aliphatic hydroxyl groups is 1. The highest BCUT2D eigenvalue weighted by atomic mass is 16.3. The van der Waals surface area contributed by atoms with Crippen LogP contribution in [0.15, 0.2) is 0 Å². The van der Waals surface area contributed by atoms with Crippen LogP contribution in [0.2, 0.25) is 0 Å². The second kappa shape index (κ2) is 6.39. The number of amides is 1. The first-order valence-electron chi connectivity index (χ1n) is 6.81. The molecular weight excluding hydrogens is 214 g/mol. The maximum atomic E-state index is 11.9. The van der Waals surface area contributed by atoms with Crippen molar-refractivity contribution in [2.24, 2.45) is 17.3 Å². The van der Waals surface area contributed by atoms with Crippen LogP contribution in [-0.4, -0.2) is 24.2 Å². The summed E-state index contributed by atoms with van der Waals surface area (Å²) in [5.74, 6) is 1.06. The molecule has 1 rings (SSSR count). The van der Waals surface area contributed by atoms with Crippen LogP contribution >= 0.6 is 0 Å². The molecule has 0 aromatic rings. The van der Waals surface area contributed by atoms with Crippen molar-refractivity contribution in [3.8, 4) is 0 Å². The first-order chi connectivity index (χ1) is 7.92. The molecule has 3 nitrogen and oxygen atoms in total. The molecule has 0 aromatic heterocycles. The molecule has 100 valence electrons. The maximum absolute atomic E-state index is 11.9. The van der Waals surface area contributed by atoms with Crippen molar-refractivity contribution in [3.05, 3.63) is 0 Å². The maximum Gasteiger partial charge on any atom is 0.223 e. The van der Waals surface area contributed by atoms with E-state index in [2.05, 4.69) is 26.1 Å². The van der Waals surface area contributed by atoms with Crippen molar-refractivity contribution in [3.63, 3.8) is 0 Å². The molecule has 1 aliphatic carbocycles. The molecule has 1 amide bonds. The molecule has 1 fully saturated rings. The topological polar surface area (TPSA) is 49.3 Å². The van der Waals surface area contributed by atoms with Crippen LogP contribution in [-0.2, 0) is 4.79 Å². The Labute approximate surface area is 105 Å². The SMILES string of the molecule is CC(C)(C)CNC(=O)C1CCC(CCO)CC1. The molecule has 0 heterocycles. The molecule has 17 heavy (non-hydrogen) atoms. The summed E-state index contributed by atoms with van der Waals surface area (Å²) in [5.41, 5.74) is 0.156. The Morgan fingerprint density at radius 1 is 1.24 bits per heavy atom. The largest absolute Gasteiger partial charge is 0.396 e. The van der Waals surface area contributed by atoms with Crippen molar-refractivity contribution < 1.29 is 9.90 Å². The summed E-state index contributed by atoms with van der Waals surface area (Å²) in [4.78, 5) is 11.9. The summed E-state index contributed by atoms with van der Waals surface area (Å²) in [6.07, 6.45) is 5.06. The van der Waals surface area contributed by atoms with E-state index in [-0.39, 0.29) is 23.8 Å². The summed E-state index contributed by atoms with van der Waals surface area (Å²) in [6, 6.07) is 0. The third-order valence-electron chi connectivity index (χ3n) is 3.55. The summed E-state index contributed by atoms with van der Waals surface area (Å²) in [7, 11) is 0. The van der Waals surface area contributed by atoms with Gasteiger partial charge in [0.1, 0.15) is 0 Å². The van der Waals surface area contributed by atoms with Gasteiger partial charge in [0.2, 0.25) is 5.91 Å². The molecule has 1 aliphatic rings. The third-order valence-corrected chi connectivity index (χ3v) is 3.55. The minimum Gasteiger partial charge on any atom is -0.396 e. The zero-order valence-electron chi connectivity index (χ0n) is 11.5. The number of hydrogen-bond donors (Lipinski definition) is 2. The van der Waals surface area contributed by atoms with Crippen LogP contribution in [0.25, 0.3) is 0 Å². The van der Waals surface area contributed by atoms with Gasteiger partial charge in [-0.15, -0.1) is 0 Å². The van der Waals surface area contributed by atoms with Crippen molar-refractivity contribution in [2.75, 3.05) is 13.2 Å². The lowest BCUT2D eigenvalue weighted by atomic mass is 9.80. The van der Waals surface area contributed by atoms with Crippen molar-refractivity contribution in [1.82, 2.24) is 5.32 Å². The molecule has 3 heteroatoms. The zero-order chi connectivity index (χ0) is 12.9. The van der Waals surface area contributed by atoms with E-state index < -0.39 is 0 Å². The van der Waals surface area contributed by atoms with E-state index in [1.54, 1.807) is 0 Å². The van der Waals surface area contributed by atoms with E-state index in [4.69, 9.17) is 5.11 Å². The van der Waals surface area contributed by atoms with E-state index in [0.717, 1.165) is 38.6 Å². The van der Waals surface area contributed by atoms with Crippen LogP contribution in [0.4, 0.5) is 0 Å². The second-order valence-corrected chi connectivity index (χ2v) is 6.51. The zero-order valence-corrected chi connectivity index (χ0v) is 11.5. The Kier molecular flexibility index (Phi) is 5.44. The fourth-order valence-corrected chi connectivity index (χ4v) is 2.39. The highest BCUT2D eigenvalue weighted by Gasteiger charge is 2.26. The third kappa shape index (κ3) is 5.53. The van der Waals surface area contributed by atoms with E-state index in [1.807, 2.05) is 0 Å². The van der Waals surface area contributed by atoms with E-state index in [1.165, 1.54) is 0 Å². The molecule has 0 spiro atoms. The van der Waals surface area contributed by atoms with Gasteiger partial charge in [-0.25, -0.2) is 0 Å². The number of carbonyl (C=O) groups excluding carboxylic acids is 1. The molecule has 0 aliphatic heterocycles. The second-order valence-electron chi connectivity index (χ2n) is 6.51. The van der Waals surface area contributed by atoms with E-state index >= 15 is 0 Å². The van der Waals surface area contributed by atoms with Gasteiger partial charge in [0.05, 0.1) is 0 Å². The van der Waals surface area contributed by atoms with Crippen molar-refractivity contribution in [2.45, 2.75) is 52.9 Å². The molecule has 2 N–H and O–H groups in total. The van der Waals surface area contributed by atoms with Crippen LogP contribution < -0.4 is 5.32 Å². The van der Waals surface area contributed by atoms with Gasteiger partial charge >= 0.3 is 0 Å². The summed E-state index contributed by atoms with van der Waals surface area (Å²) in [5, 5.41) is 11.9. The van der Waals surface area contributed by atoms with Crippen LogP contribution in [0.3, 0.4) is 0 Å². The molecule has 0 unspecified atom stereocenters. The molecule has 0 saturated heterocycles. The van der Waals surface area contributed by atoms with Gasteiger partial charge in [0.25, 0.3) is 0 Å². The smallest absolute Gasteiger partial charge is 0.223 e.